The topological polar surface area (TPSA) is 41.6 Å². The number of benzene rings is 1. The summed E-state index contributed by atoms with van der Waals surface area (Å²) in [5.74, 6) is -0.473. The van der Waals surface area contributed by atoms with Crippen LogP contribution in [-0.4, -0.2) is 25.6 Å². The molecule has 1 aliphatic heterocycles. The lowest BCUT2D eigenvalue weighted by Crippen LogP contribution is -2.54. The first-order chi connectivity index (χ1) is 7.87. The fourth-order valence-electron chi connectivity index (χ4n) is 1.81. The van der Waals surface area contributed by atoms with Crippen LogP contribution in [0.2, 0.25) is 0 Å². The molecule has 5 heteroatoms. The fourth-order valence-corrected chi connectivity index (χ4v) is 1.81. The third-order valence-electron chi connectivity index (χ3n) is 3.27. The summed E-state index contributed by atoms with van der Waals surface area (Å²) in [6.07, 6.45) is 0. The monoisotopic (exact) mass is 238 g/mol. The molecule has 1 aromatic rings. The smallest absolute Gasteiger partial charge is 0.249 e. The predicted molar refractivity (Wildman–Crippen MR) is 64.1 cm³/mol. The zero-order valence-corrected chi connectivity index (χ0v) is 10.3. The predicted octanol–water partition coefficient (Wildman–Crippen LogP) is 2.00. The van der Waals surface area contributed by atoms with E-state index in [1.54, 1.807) is 27.0 Å². The molecule has 0 atom stereocenters. The lowest BCUT2D eigenvalue weighted by atomic mass is 9.97. The normalized spacial score (nSPS) is 17.5. The summed E-state index contributed by atoms with van der Waals surface area (Å²) in [7, 11) is 3.21. The number of nitrogens with one attached hydrogen (secondary N) is 1. The molecule has 1 aliphatic rings. The molecule has 17 heavy (non-hydrogen) atoms. The maximum Gasteiger partial charge on any atom is 0.249 e. The van der Waals surface area contributed by atoms with E-state index >= 15 is 0 Å². The Morgan fingerprint density at radius 1 is 1.41 bits per heavy atom. The van der Waals surface area contributed by atoms with Gasteiger partial charge in [-0.05, 0) is 13.8 Å². The van der Waals surface area contributed by atoms with Crippen molar-refractivity contribution in [1.82, 2.24) is 0 Å². The van der Waals surface area contributed by atoms with Crippen LogP contribution >= 0.6 is 0 Å². The molecule has 1 amide bonds. The lowest BCUT2D eigenvalue weighted by molar-refractivity contribution is -0.120. The maximum atomic E-state index is 13.5. The van der Waals surface area contributed by atoms with Crippen molar-refractivity contribution in [3.05, 3.63) is 17.9 Å². The zero-order valence-electron chi connectivity index (χ0n) is 10.3. The van der Waals surface area contributed by atoms with E-state index < -0.39 is 11.4 Å². The van der Waals surface area contributed by atoms with Gasteiger partial charge in [0, 0.05) is 19.2 Å². The van der Waals surface area contributed by atoms with Gasteiger partial charge in [0.05, 0.1) is 18.5 Å². The van der Waals surface area contributed by atoms with Gasteiger partial charge in [-0.3, -0.25) is 4.79 Å². The molecule has 1 heterocycles. The van der Waals surface area contributed by atoms with Crippen LogP contribution in [0.5, 0.6) is 5.75 Å². The summed E-state index contributed by atoms with van der Waals surface area (Å²) in [5.41, 5.74) is 0.540. The number of rotatable bonds is 1. The molecule has 0 saturated carbocycles. The maximum absolute atomic E-state index is 13.5. The van der Waals surface area contributed by atoms with E-state index in [1.807, 2.05) is 4.90 Å². The third kappa shape index (κ3) is 1.62. The van der Waals surface area contributed by atoms with E-state index in [1.165, 1.54) is 13.2 Å². The van der Waals surface area contributed by atoms with Gasteiger partial charge in [-0.2, -0.15) is 0 Å². The molecule has 1 aromatic carbocycles. The van der Waals surface area contributed by atoms with E-state index in [4.69, 9.17) is 4.74 Å². The van der Waals surface area contributed by atoms with Crippen molar-refractivity contribution in [3.8, 4) is 5.75 Å². The summed E-state index contributed by atoms with van der Waals surface area (Å²) in [4.78, 5) is 13.7. The number of methoxy groups -OCH3 is 1. The van der Waals surface area contributed by atoms with Crippen molar-refractivity contribution >= 4 is 17.3 Å². The molecule has 0 radical (unpaired) electrons. The Bertz CT molecular complexity index is 486. The first-order valence-corrected chi connectivity index (χ1v) is 5.30. The van der Waals surface area contributed by atoms with Crippen molar-refractivity contribution in [3.63, 3.8) is 0 Å². The van der Waals surface area contributed by atoms with E-state index in [9.17, 15) is 9.18 Å². The van der Waals surface area contributed by atoms with Gasteiger partial charge in [0.15, 0.2) is 11.6 Å². The van der Waals surface area contributed by atoms with Crippen LogP contribution in [0.25, 0.3) is 0 Å². The van der Waals surface area contributed by atoms with Crippen LogP contribution < -0.4 is 15.0 Å². The minimum atomic E-state index is -0.671. The number of ether oxygens (including phenoxy) is 1. The van der Waals surface area contributed by atoms with Crippen LogP contribution in [0, 0.1) is 5.82 Å². The van der Waals surface area contributed by atoms with E-state index in [0.29, 0.717) is 5.69 Å². The van der Waals surface area contributed by atoms with Gasteiger partial charge in [-0.1, -0.05) is 0 Å². The number of hydrogen-bond donors (Lipinski definition) is 1. The fraction of sp³-hybridized carbons (Fsp3) is 0.417. The second-order valence-electron chi connectivity index (χ2n) is 4.58. The molecule has 4 nitrogen and oxygen atoms in total. The Balaban J connectivity index is 2.58. The highest BCUT2D eigenvalue weighted by molar-refractivity contribution is 6.06. The molecule has 1 N–H and O–H groups in total. The summed E-state index contributed by atoms with van der Waals surface area (Å²) in [6.45, 7) is 3.61. The summed E-state index contributed by atoms with van der Waals surface area (Å²) in [5, 5.41) is 2.70. The molecule has 0 aliphatic carbocycles. The number of amides is 1. The zero-order chi connectivity index (χ0) is 12.8. The molecular formula is C12H15FN2O2. The third-order valence-corrected chi connectivity index (χ3v) is 3.27. The molecule has 0 saturated heterocycles. The Kier molecular flexibility index (Phi) is 2.49. The number of carbonyl (C=O) groups is 1. The van der Waals surface area contributed by atoms with E-state index in [-0.39, 0.29) is 11.7 Å². The highest BCUT2D eigenvalue weighted by atomic mass is 19.1. The van der Waals surface area contributed by atoms with Gasteiger partial charge in [-0.15, -0.1) is 0 Å². The largest absolute Gasteiger partial charge is 0.494 e. The van der Waals surface area contributed by atoms with Gasteiger partial charge in [0.1, 0.15) is 5.54 Å². The van der Waals surface area contributed by atoms with Crippen LogP contribution in [0.15, 0.2) is 12.1 Å². The van der Waals surface area contributed by atoms with Gasteiger partial charge in [0.2, 0.25) is 5.91 Å². The molecule has 0 spiro atoms. The van der Waals surface area contributed by atoms with Crippen molar-refractivity contribution in [2.24, 2.45) is 0 Å². The molecule has 92 valence electrons. The van der Waals surface area contributed by atoms with Crippen LogP contribution in [-0.2, 0) is 4.79 Å². The molecule has 0 fully saturated rings. The Morgan fingerprint density at radius 2 is 2.06 bits per heavy atom. The quantitative estimate of drug-likeness (QED) is 0.813. The average Bonchev–Trinajstić information content (AvgIpc) is 2.26. The number of halogens is 1. The van der Waals surface area contributed by atoms with Crippen molar-refractivity contribution in [2.45, 2.75) is 19.4 Å². The van der Waals surface area contributed by atoms with Crippen LogP contribution in [0.1, 0.15) is 13.8 Å². The van der Waals surface area contributed by atoms with Gasteiger partial charge in [0.25, 0.3) is 0 Å². The summed E-state index contributed by atoms with van der Waals surface area (Å²) >= 11 is 0. The molecule has 0 unspecified atom stereocenters. The molecular weight excluding hydrogens is 223 g/mol. The number of nitrogens with zero attached hydrogens (tertiary/aromatic N) is 1. The standard InChI is InChI=1S/C12H15FN2O2/c1-12(2)11(16)14-8-5-7(13)10(17-4)6-9(8)15(12)3/h5-6H,1-4H3,(H,14,16). The number of carbonyl (C=O) groups excluding carboxylic acids is 1. The number of likely N-dealkylation sites (N-methyl/N-ethyl adjacent to an activating group) is 1. The molecule has 0 aromatic heterocycles. The lowest BCUT2D eigenvalue weighted by Gasteiger charge is -2.41. The van der Waals surface area contributed by atoms with Crippen LogP contribution in [0.4, 0.5) is 15.8 Å². The second-order valence-corrected chi connectivity index (χ2v) is 4.58. The van der Waals surface area contributed by atoms with Gasteiger partial charge >= 0.3 is 0 Å². The number of anilines is 2. The number of fused-ring (bicyclic) bond motifs is 1. The van der Waals surface area contributed by atoms with Gasteiger partial charge < -0.3 is 15.0 Å². The molecule has 2 rings (SSSR count). The van der Waals surface area contributed by atoms with Crippen molar-refractivity contribution in [1.29, 1.82) is 0 Å². The second kappa shape index (κ2) is 3.61. The summed E-state index contributed by atoms with van der Waals surface area (Å²) < 4.78 is 18.5. The average molecular weight is 238 g/mol. The van der Waals surface area contributed by atoms with E-state index in [2.05, 4.69) is 5.32 Å². The van der Waals surface area contributed by atoms with E-state index in [0.717, 1.165) is 5.69 Å². The Hall–Kier alpha value is -1.78. The minimum absolute atomic E-state index is 0.155. The van der Waals surface area contributed by atoms with Gasteiger partial charge in [-0.25, -0.2) is 4.39 Å². The first-order valence-electron chi connectivity index (χ1n) is 5.30. The first kappa shape index (κ1) is 11.7. The van der Waals surface area contributed by atoms with Crippen molar-refractivity contribution in [2.75, 3.05) is 24.4 Å². The highest BCUT2D eigenvalue weighted by Gasteiger charge is 2.38. The number of hydrogen-bond acceptors (Lipinski definition) is 3. The Morgan fingerprint density at radius 3 is 2.65 bits per heavy atom. The highest BCUT2D eigenvalue weighted by Crippen LogP contribution is 2.39. The molecule has 0 bridgehead atoms. The van der Waals surface area contributed by atoms with Crippen LogP contribution in [0.3, 0.4) is 0 Å². The summed E-state index contributed by atoms with van der Waals surface area (Å²) in [6, 6.07) is 2.86. The SMILES string of the molecule is COc1cc2c(cc1F)NC(=O)C(C)(C)N2C. The Labute approximate surface area is 99.4 Å². The van der Waals surface area contributed by atoms with Crippen molar-refractivity contribution < 1.29 is 13.9 Å². The minimum Gasteiger partial charge on any atom is -0.494 e.